The highest BCUT2D eigenvalue weighted by atomic mass is 19.4. The number of nitrogens with one attached hydrogen (secondary N) is 1. The lowest BCUT2D eigenvalue weighted by atomic mass is 10.1. The lowest BCUT2D eigenvalue weighted by Gasteiger charge is -2.08. The topological polar surface area (TPSA) is 51.0 Å². The van der Waals surface area contributed by atoms with Crippen molar-refractivity contribution in [2.75, 3.05) is 6.54 Å². The molecule has 0 fully saturated rings. The highest BCUT2D eigenvalue weighted by Gasteiger charge is 2.34. The van der Waals surface area contributed by atoms with Crippen molar-refractivity contribution in [1.82, 2.24) is 15.5 Å². The lowest BCUT2D eigenvalue weighted by Crippen LogP contribution is -2.12. The summed E-state index contributed by atoms with van der Waals surface area (Å²) in [5, 5.41) is 6.57. The van der Waals surface area contributed by atoms with Gasteiger partial charge < -0.3 is 9.84 Å². The van der Waals surface area contributed by atoms with Crippen molar-refractivity contribution in [3.63, 3.8) is 0 Å². The zero-order valence-corrected chi connectivity index (χ0v) is 10.5. The van der Waals surface area contributed by atoms with Crippen LogP contribution in [-0.4, -0.2) is 16.7 Å². The van der Waals surface area contributed by atoms with Crippen LogP contribution in [-0.2, 0) is 12.7 Å². The van der Waals surface area contributed by atoms with Crippen LogP contribution in [0.3, 0.4) is 0 Å². The molecule has 0 spiro atoms. The maximum absolute atomic E-state index is 13.2. The Kier molecular flexibility index (Phi) is 4.03. The summed E-state index contributed by atoms with van der Waals surface area (Å²) in [6, 6.07) is 2.54. The summed E-state index contributed by atoms with van der Waals surface area (Å²) < 4.78 is 55.8. The number of rotatable bonds is 4. The first-order valence-electron chi connectivity index (χ1n) is 5.82. The molecule has 2 aromatic rings. The summed E-state index contributed by atoms with van der Waals surface area (Å²) in [6.45, 7) is 2.92. The van der Waals surface area contributed by atoms with Gasteiger partial charge in [-0.3, -0.25) is 0 Å². The second-order valence-electron chi connectivity index (χ2n) is 3.99. The Morgan fingerprint density at radius 2 is 2.05 bits per heavy atom. The third-order valence-electron chi connectivity index (χ3n) is 2.52. The number of alkyl halides is 3. The molecule has 0 radical (unpaired) electrons. The van der Waals surface area contributed by atoms with E-state index in [2.05, 4.69) is 15.5 Å². The van der Waals surface area contributed by atoms with Crippen molar-refractivity contribution in [2.24, 2.45) is 0 Å². The molecule has 0 aliphatic rings. The normalized spacial score (nSPS) is 11.8. The fourth-order valence-electron chi connectivity index (χ4n) is 1.56. The molecule has 108 valence electrons. The Morgan fingerprint density at radius 3 is 2.70 bits per heavy atom. The quantitative estimate of drug-likeness (QED) is 0.879. The fraction of sp³-hybridized carbons (Fsp3) is 0.333. The largest absolute Gasteiger partial charge is 0.419 e. The van der Waals surface area contributed by atoms with Gasteiger partial charge in [-0.25, -0.2) is 4.39 Å². The van der Waals surface area contributed by atoms with Crippen molar-refractivity contribution in [2.45, 2.75) is 19.6 Å². The van der Waals surface area contributed by atoms with Gasteiger partial charge in [0.25, 0.3) is 5.89 Å². The van der Waals surface area contributed by atoms with E-state index in [9.17, 15) is 17.6 Å². The maximum Gasteiger partial charge on any atom is 0.419 e. The average molecular weight is 289 g/mol. The fourth-order valence-corrected chi connectivity index (χ4v) is 1.56. The van der Waals surface area contributed by atoms with Crippen LogP contribution in [0.15, 0.2) is 22.7 Å². The van der Waals surface area contributed by atoms with E-state index >= 15 is 0 Å². The third-order valence-corrected chi connectivity index (χ3v) is 2.52. The van der Waals surface area contributed by atoms with Gasteiger partial charge in [0.2, 0.25) is 0 Å². The molecule has 8 heteroatoms. The molecule has 2 rings (SSSR count). The van der Waals surface area contributed by atoms with Gasteiger partial charge in [-0.2, -0.15) is 18.2 Å². The van der Waals surface area contributed by atoms with Crippen LogP contribution in [0.1, 0.15) is 18.3 Å². The molecule has 0 unspecified atom stereocenters. The monoisotopic (exact) mass is 289 g/mol. The highest BCUT2D eigenvalue weighted by Crippen LogP contribution is 2.33. The van der Waals surface area contributed by atoms with Crippen LogP contribution in [0.5, 0.6) is 0 Å². The molecule has 0 saturated heterocycles. The van der Waals surface area contributed by atoms with Crippen LogP contribution in [0.4, 0.5) is 17.6 Å². The Balaban J connectivity index is 2.31. The molecule has 0 aliphatic heterocycles. The molecule has 0 saturated carbocycles. The van der Waals surface area contributed by atoms with E-state index in [0.717, 1.165) is 12.1 Å². The minimum atomic E-state index is -4.77. The van der Waals surface area contributed by atoms with E-state index in [1.165, 1.54) is 0 Å². The summed E-state index contributed by atoms with van der Waals surface area (Å²) >= 11 is 0. The summed E-state index contributed by atoms with van der Waals surface area (Å²) in [4.78, 5) is 3.94. The van der Waals surface area contributed by atoms with Crippen molar-refractivity contribution < 1.29 is 22.1 Å². The van der Waals surface area contributed by atoms with Crippen molar-refractivity contribution in [3.8, 4) is 11.5 Å². The number of hydrogen-bond acceptors (Lipinski definition) is 4. The minimum Gasteiger partial charge on any atom is -0.334 e. The smallest absolute Gasteiger partial charge is 0.334 e. The Morgan fingerprint density at radius 1 is 1.30 bits per heavy atom. The molecule has 0 aliphatic carbocycles. The molecular formula is C12H11F4N3O. The zero-order chi connectivity index (χ0) is 14.8. The molecular weight excluding hydrogens is 278 g/mol. The first-order chi connectivity index (χ1) is 9.41. The molecule has 1 N–H and O–H groups in total. The predicted octanol–water partition coefficient (Wildman–Crippen LogP) is 3.00. The van der Waals surface area contributed by atoms with Gasteiger partial charge in [-0.15, -0.1) is 0 Å². The standard InChI is InChI=1S/C12H11F4N3O/c1-2-17-6-10-18-11(20-19-10)7-3-4-9(13)8(5-7)12(14,15)16/h3-5,17H,2,6H2,1H3. The van der Waals surface area contributed by atoms with E-state index in [1.807, 2.05) is 6.92 Å². The number of benzene rings is 1. The van der Waals surface area contributed by atoms with Gasteiger partial charge in [-0.1, -0.05) is 12.1 Å². The van der Waals surface area contributed by atoms with Gasteiger partial charge in [-0.05, 0) is 24.7 Å². The molecule has 0 atom stereocenters. The first kappa shape index (κ1) is 14.4. The first-order valence-corrected chi connectivity index (χ1v) is 5.82. The number of aromatic nitrogens is 2. The number of halogens is 4. The molecule has 1 aromatic carbocycles. The molecule has 0 bridgehead atoms. The highest BCUT2D eigenvalue weighted by molar-refractivity contribution is 5.54. The summed E-state index contributed by atoms with van der Waals surface area (Å²) in [6.07, 6.45) is -4.77. The van der Waals surface area contributed by atoms with Crippen molar-refractivity contribution in [1.29, 1.82) is 0 Å². The minimum absolute atomic E-state index is 0.0222. The molecule has 4 nitrogen and oxygen atoms in total. The van der Waals surface area contributed by atoms with Crippen LogP contribution >= 0.6 is 0 Å². The van der Waals surface area contributed by atoms with E-state index in [4.69, 9.17) is 4.52 Å². The van der Waals surface area contributed by atoms with E-state index < -0.39 is 17.6 Å². The predicted molar refractivity (Wildman–Crippen MR) is 62.1 cm³/mol. The number of hydrogen-bond donors (Lipinski definition) is 1. The van der Waals surface area contributed by atoms with Crippen LogP contribution < -0.4 is 5.32 Å². The van der Waals surface area contributed by atoms with Gasteiger partial charge in [0.1, 0.15) is 5.82 Å². The van der Waals surface area contributed by atoms with Crippen LogP contribution in [0.25, 0.3) is 11.5 Å². The van der Waals surface area contributed by atoms with Gasteiger partial charge in [0.15, 0.2) is 5.82 Å². The molecule has 20 heavy (non-hydrogen) atoms. The molecule has 1 aromatic heterocycles. The van der Waals surface area contributed by atoms with Gasteiger partial charge in [0, 0.05) is 5.56 Å². The van der Waals surface area contributed by atoms with Crippen LogP contribution in [0, 0.1) is 5.82 Å². The summed E-state index contributed by atoms with van der Waals surface area (Å²) in [5.41, 5.74) is -1.34. The second kappa shape index (κ2) is 5.58. The Bertz CT molecular complexity index is 595. The van der Waals surface area contributed by atoms with E-state index in [1.54, 1.807) is 0 Å². The summed E-state index contributed by atoms with van der Waals surface area (Å²) in [7, 11) is 0. The second-order valence-corrected chi connectivity index (χ2v) is 3.99. The lowest BCUT2D eigenvalue weighted by molar-refractivity contribution is -0.139. The van der Waals surface area contributed by atoms with Crippen molar-refractivity contribution in [3.05, 3.63) is 35.4 Å². The maximum atomic E-state index is 13.2. The van der Waals surface area contributed by atoms with E-state index in [0.29, 0.717) is 25.0 Å². The summed E-state index contributed by atoms with van der Waals surface area (Å²) in [5.74, 6) is -1.10. The van der Waals surface area contributed by atoms with Gasteiger partial charge >= 0.3 is 6.18 Å². The molecule has 0 amide bonds. The van der Waals surface area contributed by atoms with Crippen LogP contribution in [0.2, 0.25) is 0 Å². The number of nitrogens with zero attached hydrogens (tertiary/aromatic N) is 2. The van der Waals surface area contributed by atoms with Crippen molar-refractivity contribution >= 4 is 0 Å². The SMILES string of the molecule is CCNCc1noc(-c2ccc(F)c(C(F)(F)F)c2)n1. The third kappa shape index (κ3) is 3.13. The van der Waals surface area contributed by atoms with Gasteiger partial charge in [0.05, 0.1) is 12.1 Å². The zero-order valence-electron chi connectivity index (χ0n) is 10.5. The average Bonchev–Trinajstić information content (AvgIpc) is 2.84. The Labute approximate surface area is 111 Å². The molecule has 1 heterocycles. The Hall–Kier alpha value is -1.96. The van der Waals surface area contributed by atoms with E-state index in [-0.39, 0.29) is 11.5 Å².